The molecule has 1 rings (SSSR count). The maximum absolute atomic E-state index is 12.1. The molecular weight excluding hydrogens is 234 g/mol. The molecule has 0 spiro atoms. The molecule has 1 N–H and O–H groups in total. The van der Waals surface area contributed by atoms with E-state index in [9.17, 15) is 9.59 Å². The van der Waals surface area contributed by atoms with Gasteiger partial charge in [-0.25, -0.2) is 4.79 Å². The van der Waals surface area contributed by atoms with Gasteiger partial charge in [-0.15, -0.1) is 0 Å². The molecule has 1 unspecified atom stereocenters. The van der Waals surface area contributed by atoms with Crippen molar-refractivity contribution in [1.82, 2.24) is 4.90 Å². The van der Waals surface area contributed by atoms with E-state index in [1.165, 1.54) is 0 Å². The lowest BCUT2D eigenvalue weighted by molar-refractivity contribution is -0.138. The Kier molecular flexibility index (Phi) is 3.93. The Morgan fingerprint density at radius 3 is 2.39 bits per heavy atom. The molecule has 0 radical (unpaired) electrons. The topological polar surface area (TPSA) is 66.8 Å². The van der Waals surface area contributed by atoms with Gasteiger partial charge in [-0.3, -0.25) is 4.79 Å². The fourth-order valence-corrected chi connectivity index (χ4v) is 2.24. The van der Waals surface area contributed by atoms with Crippen molar-refractivity contribution in [2.45, 2.75) is 59.1 Å². The van der Waals surface area contributed by atoms with Crippen LogP contribution >= 0.6 is 0 Å². The first-order chi connectivity index (χ1) is 8.03. The summed E-state index contributed by atoms with van der Waals surface area (Å²) in [6, 6.07) is -0.301. The van der Waals surface area contributed by atoms with Crippen molar-refractivity contribution in [3.63, 3.8) is 0 Å². The second-order valence-corrected chi connectivity index (χ2v) is 6.53. The van der Waals surface area contributed by atoms with Crippen LogP contribution in [0.1, 0.15) is 47.5 Å². The van der Waals surface area contributed by atoms with E-state index in [-0.39, 0.29) is 17.9 Å². The Balaban J connectivity index is 2.81. The summed E-state index contributed by atoms with van der Waals surface area (Å²) in [5.74, 6) is -0.886. The monoisotopic (exact) mass is 257 g/mol. The Bertz CT molecular complexity index is 343. The molecular formula is C13H23NO4. The Morgan fingerprint density at radius 1 is 1.39 bits per heavy atom. The van der Waals surface area contributed by atoms with Crippen molar-refractivity contribution in [2.75, 3.05) is 6.54 Å². The summed E-state index contributed by atoms with van der Waals surface area (Å²) in [6.45, 7) is 9.95. The van der Waals surface area contributed by atoms with Crippen molar-refractivity contribution >= 4 is 12.1 Å². The molecule has 0 bridgehead atoms. The van der Waals surface area contributed by atoms with Crippen LogP contribution in [-0.2, 0) is 9.53 Å². The number of rotatable bonds is 2. The molecule has 104 valence electrons. The molecule has 1 saturated heterocycles. The average Bonchev–Trinajstić information content (AvgIpc) is 2.39. The first-order valence-corrected chi connectivity index (χ1v) is 6.24. The summed E-state index contributed by atoms with van der Waals surface area (Å²) in [6.07, 6.45) is 0.343. The van der Waals surface area contributed by atoms with E-state index in [2.05, 4.69) is 0 Å². The summed E-state index contributed by atoms with van der Waals surface area (Å²) in [5, 5.41) is 8.96. The molecule has 0 aromatic carbocycles. The summed E-state index contributed by atoms with van der Waals surface area (Å²) in [7, 11) is 0. The van der Waals surface area contributed by atoms with Crippen LogP contribution in [0.25, 0.3) is 0 Å². The highest BCUT2D eigenvalue weighted by Gasteiger charge is 2.44. The third-order valence-corrected chi connectivity index (χ3v) is 3.27. The third-order valence-electron chi connectivity index (χ3n) is 3.27. The molecule has 0 aliphatic carbocycles. The number of amides is 1. The lowest BCUT2D eigenvalue weighted by atomic mass is 9.83. The van der Waals surface area contributed by atoms with E-state index in [4.69, 9.17) is 9.84 Å². The van der Waals surface area contributed by atoms with Gasteiger partial charge in [0.25, 0.3) is 0 Å². The van der Waals surface area contributed by atoms with E-state index in [0.717, 1.165) is 6.42 Å². The maximum Gasteiger partial charge on any atom is 0.410 e. The van der Waals surface area contributed by atoms with E-state index in [1.54, 1.807) is 25.7 Å². The quantitative estimate of drug-likeness (QED) is 0.825. The number of likely N-dealkylation sites (tertiary alicyclic amines) is 1. The summed E-state index contributed by atoms with van der Waals surface area (Å²) in [5.41, 5.74) is -0.743. The van der Waals surface area contributed by atoms with Gasteiger partial charge < -0.3 is 14.7 Å². The first kappa shape index (κ1) is 14.8. The Hall–Kier alpha value is -1.26. The molecule has 1 aliphatic heterocycles. The van der Waals surface area contributed by atoms with Crippen LogP contribution in [-0.4, -0.2) is 40.3 Å². The standard InChI is InChI=1S/C13H23NO4/c1-12(2,3)18-11(17)14-7-6-13(4,5)9(14)8-10(15)16/h9H,6-8H2,1-5H3,(H,15,16). The molecule has 0 aromatic heterocycles. The highest BCUT2D eigenvalue weighted by atomic mass is 16.6. The van der Waals surface area contributed by atoms with E-state index in [1.807, 2.05) is 13.8 Å². The van der Waals surface area contributed by atoms with Crippen molar-refractivity contribution in [2.24, 2.45) is 5.41 Å². The number of carbonyl (C=O) groups is 2. The van der Waals surface area contributed by atoms with E-state index < -0.39 is 17.7 Å². The molecule has 1 atom stereocenters. The van der Waals surface area contributed by atoms with Gasteiger partial charge in [0.2, 0.25) is 0 Å². The molecule has 18 heavy (non-hydrogen) atoms. The highest BCUT2D eigenvalue weighted by Crippen LogP contribution is 2.38. The molecule has 1 amide bonds. The largest absolute Gasteiger partial charge is 0.481 e. The van der Waals surface area contributed by atoms with Crippen molar-refractivity contribution < 1.29 is 19.4 Å². The number of carbonyl (C=O) groups excluding carboxylic acids is 1. The summed E-state index contributed by atoms with van der Waals surface area (Å²) in [4.78, 5) is 24.5. The smallest absolute Gasteiger partial charge is 0.410 e. The van der Waals surface area contributed by atoms with Gasteiger partial charge in [-0.1, -0.05) is 13.8 Å². The number of carboxylic acids is 1. The van der Waals surface area contributed by atoms with Gasteiger partial charge in [0.15, 0.2) is 0 Å². The third kappa shape index (κ3) is 3.62. The maximum atomic E-state index is 12.1. The van der Waals surface area contributed by atoms with Crippen molar-refractivity contribution in [3.05, 3.63) is 0 Å². The lowest BCUT2D eigenvalue weighted by Crippen LogP contribution is -2.44. The van der Waals surface area contributed by atoms with Crippen molar-refractivity contribution in [1.29, 1.82) is 0 Å². The zero-order valence-electron chi connectivity index (χ0n) is 11.8. The van der Waals surface area contributed by atoms with Gasteiger partial charge in [0, 0.05) is 6.54 Å². The first-order valence-electron chi connectivity index (χ1n) is 6.24. The van der Waals surface area contributed by atoms with Gasteiger partial charge in [0.05, 0.1) is 12.5 Å². The second kappa shape index (κ2) is 4.78. The number of hydrogen-bond acceptors (Lipinski definition) is 3. The zero-order valence-corrected chi connectivity index (χ0v) is 11.8. The zero-order chi connectivity index (χ0) is 14.1. The molecule has 1 fully saturated rings. The SMILES string of the molecule is CC(C)(C)OC(=O)N1CCC(C)(C)C1CC(=O)O. The van der Waals surface area contributed by atoms with Crippen LogP contribution in [0.5, 0.6) is 0 Å². The Morgan fingerprint density at radius 2 is 1.94 bits per heavy atom. The summed E-state index contributed by atoms with van der Waals surface area (Å²) >= 11 is 0. The molecule has 5 nitrogen and oxygen atoms in total. The van der Waals surface area contributed by atoms with Crippen LogP contribution < -0.4 is 0 Å². The van der Waals surface area contributed by atoms with Crippen LogP contribution in [0.4, 0.5) is 4.79 Å². The fourth-order valence-electron chi connectivity index (χ4n) is 2.24. The molecule has 1 aliphatic rings. The Labute approximate surface area is 108 Å². The van der Waals surface area contributed by atoms with E-state index >= 15 is 0 Å². The number of hydrogen-bond donors (Lipinski definition) is 1. The normalized spacial score (nSPS) is 22.9. The molecule has 1 heterocycles. The van der Waals surface area contributed by atoms with Crippen LogP contribution in [0.2, 0.25) is 0 Å². The highest BCUT2D eigenvalue weighted by molar-refractivity contribution is 5.72. The second-order valence-electron chi connectivity index (χ2n) is 6.53. The number of aliphatic carboxylic acids is 1. The van der Waals surface area contributed by atoms with Crippen molar-refractivity contribution in [3.8, 4) is 0 Å². The minimum Gasteiger partial charge on any atom is -0.481 e. The average molecular weight is 257 g/mol. The minimum atomic E-state index is -0.886. The minimum absolute atomic E-state index is 0.0355. The predicted molar refractivity (Wildman–Crippen MR) is 67.4 cm³/mol. The summed E-state index contributed by atoms with van der Waals surface area (Å²) < 4.78 is 5.32. The predicted octanol–water partition coefficient (Wildman–Crippen LogP) is 2.50. The molecule has 5 heteroatoms. The van der Waals surface area contributed by atoms with E-state index in [0.29, 0.717) is 6.54 Å². The fraction of sp³-hybridized carbons (Fsp3) is 0.846. The number of ether oxygens (including phenoxy) is 1. The van der Waals surface area contributed by atoms with Crippen LogP contribution in [0.15, 0.2) is 0 Å². The van der Waals surface area contributed by atoms with Gasteiger partial charge in [-0.05, 0) is 32.6 Å². The van der Waals surface area contributed by atoms with Crippen LogP contribution in [0.3, 0.4) is 0 Å². The number of nitrogens with zero attached hydrogens (tertiary/aromatic N) is 1. The van der Waals surface area contributed by atoms with Crippen LogP contribution in [0, 0.1) is 5.41 Å². The van der Waals surface area contributed by atoms with Gasteiger partial charge in [-0.2, -0.15) is 0 Å². The van der Waals surface area contributed by atoms with Gasteiger partial charge in [0.1, 0.15) is 5.60 Å². The lowest BCUT2D eigenvalue weighted by Gasteiger charge is -2.32. The van der Waals surface area contributed by atoms with Gasteiger partial charge >= 0.3 is 12.1 Å². The molecule has 0 saturated carbocycles. The number of carboxylic acid groups (broad SMARTS) is 1. The molecule has 0 aromatic rings.